The molecule has 1 aromatic carbocycles. The number of amides is 1. The standard InChI is InChI=1S/C12H15BrN2O3/c1-9-5-3-6-10(11(9)15(17)18)12(16)14(2)8-4-7-13/h3,5-6H,4,7-8H2,1-2H3. The smallest absolute Gasteiger partial charge is 0.285 e. The van der Waals surface area contributed by atoms with Gasteiger partial charge in [0.05, 0.1) is 4.92 Å². The third kappa shape index (κ3) is 3.29. The molecule has 0 saturated heterocycles. The molecule has 6 heteroatoms. The van der Waals surface area contributed by atoms with Gasteiger partial charge in [-0.25, -0.2) is 0 Å². The fraction of sp³-hybridized carbons (Fsp3) is 0.417. The Bertz CT molecular complexity index is 463. The SMILES string of the molecule is Cc1cccc(C(=O)N(C)CCCBr)c1[N+](=O)[O-]. The van der Waals surface area contributed by atoms with Crippen LogP contribution >= 0.6 is 15.9 Å². The Morgan fingerprint density at radius 3 is 2.72 bits per heavy atom. The van der Waals surface area contributed by atoms with Crippen molar-refractivity contribution in [3.05, 3.63) is 39.4 Å². The molecule has 0 radical (unpaired) electrons. The van der Waals surface area contributed by atoms with Gasteiger partial charge in [0.1, 0.15) is 5.56 Å². The van der Waals surface area contributed by atoms with Crippen LogP contribution < -0.4 is 0 Å². The third-order valence-corrected chi connectivity index (χ3v) is 3.19. The number of nitrogens with zero attached hydrogens (tertiary/aromatic N) is 2. The number of nitro benzene ring substituents is 1. The van der Waals surface area contributed by atoms with Crippen LogP contribution in [0.5, 0.6) is 0 Å². The van der Waals surface area contributed by atoms with Crippen molar-refractivity contribution in [2.45, 2.75) is 13.3 Å². The molecule has 0 bridgehead atoms. The monoisotopic (exact) mass is 314 g/mol. The molecule has 5 nitrogen and oxygen atoms in total. The molecule has 0 fully saturated rings. The van der Waals surface area contributed by atoms with Crippen LogP contribution in [-0.4, -0.2) is 34.7 Å². The van der Waals surface area contributed by atoms with E-state index in [-0.39, 0.29) is 17.2 Å². The molecule has 0 aliphatic carbocycles. The highest BCUT2D eigenvalue weighted by molar-refractivity contribution is 9.09. The molecule has 0 saturated carbocycles. The fourth-order valence-corrected chi connectivity index (χ4v) is 1.93. The molecule has 0 aromatic heterocycles. The first-order chi connectivity index (χ1) is 8.49. The van der Waals surface area contributed by atoms with Gasteiger partial charge in [0.2, 0.25) is 0 Å². The van der Waals surface area contributed by atoms with Crippen LogP contribution in [0.15, 0.2) is 18.2 Å². The third-order valence-electron chi connectivity index (χ3n) is 2.62. The molecule has 0 heterocycles. The Morgan fingerprint density at radius 1 is 1.50 bits per heavy atom. The summed E-state index contributed by atoms with van der Waals surface area (Å²) in [6.45, 7) is 2.20. The van der Waals surface area contributed by atoms with Crippen LogP contribution in [0.25, 0.3) is 0 Å². The zero-order chi connectivity index (χ0) is 13.7. The van der Waals surface area contributed by atoms with Gasteiger partial charge in [-0.2, -0.15) is 0 Å². The maximum absolute atomic E-state index is 12.1. The fourth-order valence-electron chi connectivity index (χ4n) is 1.68. The molecular weight excluding hydrogens is 300 g/mol. The van der Waals surface area contributed by atoms with E-state index in [2.05, 4.69) is 15.9 Å². The summed E-state index contributed by atoms with van der Waals surface area (Å²) in [5.41, 5.74) is 0.546. The number of carbonyl (C=O) groups is 1. The second kappa shape index (κ2) is 6.49. The van der Waals surface area contributed by atoms with E-state index in [0.717, 1.165) is 11.8 Å². The molecule has 1 rings (SSSR count). The molecule has 0 unspecified atom stereocenters. The molecule has 1 aromatic rings. The maximum atomic E-state index is 12.1. The molecule has 0 aliphatic rings. The van der Waals surface area contributed by atoms with E-state index in [1.54, 1.807) is 26.1 Å². The minimum atomic E-state index is -0.499. The van der Waals surface area contributed by atoms with E-state index in [4.69, 9.17) is 0 Å². The number of hydrogen-bond acceptors (Lipinski definition) is 3. The van der Waals surface area contributed by atoms with Crippen molar-refractivity contribution in [2.24, 2.45) is 0 Å². The number of rotatable bonds is 5. The lowest BCUT2D eigenvalue weighted by Crippen LogP contribution is -2.28. The van der Waals surface area contributed by atoms with Gasteiger partial charge in [-0.3, -0.25) is 14.9 Å². The summed E-state index contributed by atoms with van der Waals surface area (Å²) in [5.74, 6) is -0.314. The number of para-hydroxylation sites is 1. The van der Waals surface area contributed by atoms with Gasteiger partial charge in [-0.05, 0) is 19.4 Å². The topological polar surface area (TPSA) is 63.5 Å². The second-order valence-corrected chi connectivity index (χ2v) is 4.79. The van der Waals surface area contributed by atoms with Crippen molar-refractivity contribution in [2.75, 3.05) is 18.9 Å². The summed E-state index contributed by atoms with van der Waals surface area (Å²) in [4.78, 5) is 24.1. The molecule has 18 heavy (non-hydrogen) atoms. The van der Waals surface area contributed by atoms with E-state index >= 15 is 0 Å². The van der Waals surface area contributed by atoms with Gasteiger partial charge in [-0.15, -0.1) is 0 Å². The maximum Gasteiger partial charge on any atom is 0.285 e. The molecular formula is C12H15BrN2O3. The van der Waals surface area contributed by atoms with Crippen LogP contribution in [0, 0.1) is 17.0 Å². The summed E-state index contributed by atoms with van der Waals surface area (Å²) < 4.78 is 0. The molecule has 1 amide bonds. The van der Waals surface area contributed by atoms with Gasteiger partial charge >= 0.3 is 0 Å². The van der Waals surface area contributed by atoms with E-state index < -0.39 is 4.92 Å². The van der Waals surface area contributed by atoms with Gasteiger partial charge in [0, 0.05) is 24.5 Å². The number of nitro groups is 1. The summed E-state index contributed by atoms with van der Waals surface area (Å²) in [6, 6.07) is 4.79. The van der Waals surface area contributed by atoms with E-state index in [1.165, 1.54) is 11.0 Å². The number of benzene rings is 1. The molecule has 0 spiro atoms. The van der Waals surface area contributed by atoms with Crippen LogP contribution in [-0.2, 0) is 0 Å². The van der Waals surface area contributed by atoms with E-state index in [9.17, 15) is 14.9 Å². The lowest BCUT2D eigenvalue weighted by Gasteiger charge is -2.16. The number of halogens is 1. The minimum absolute atomic E-state index is 0.104. The summed E-state index contributed by atoms with van der Waals surface area (Å²) >= 11 is 3.29. The van der Waals surface area contributed by atoms with Crippen LogP contribution in [0.1, 0.15) is 22.3 Å². The van der Waals surface area contributed by atoms with Crippen molar-refractivity contribution in [1.82, 2.24) is 4.90 Å². The Morgan fingerprint density at radius 2 is 2.17 bits per heavy atom. The minimum Gasteiger partial charge on any atom is -0.341 e. The largest absolute Gasteiger partial charge is 0.341 e. The highest BCUT2D eigenvalue weighted by Crippen LogP contribution is 2.24. The normalized spacial score (nSPS) is 10.2. The number of aryl methyl sites for hydroxylation is 1. The summed E-state index contributed by atoms with van der Waals surface area (Å²) in [7, 11) is 1.65. The first kappa shape index (κ1) is 14.6. The average molecular weight is 315 g/mol. The van der Waals surface area contributed by atoms with E-state index in [1.807, 2.05) is 0 Å². The predicted octanol–water partition coefficient (Wildman–Crippen LogP) is 2.76. The zero-order valence-corrected chi connectivity index (χ0v) is 11.9. The summed E-state index contributed by atoms with van der Waals surface area (Å²) in [5, 5.41) is 11.8. The van der Waals surface area contributed by atoms with Crippen molar-refractivity contribution in [3.63, 3.8) is 0 Å². The quantitative estimate of drug-likeness (QED) is 0.477. The van der Waals surface area contributed by atoms with Gasteiger partial charge in [0.15, 0.2) is 0 Å². The number of alkyl halides is 1. The zero-order valence-electron chi connectivity index (χ0n) is 10.4. The van der Waals surface area contributed by atoms with Crippen molar-refractivity contribution in [1.29, 1.82) is 0 Å². The van der Waals surface area contributed by atoms with Crippen molar-refractivity contribution in [3.8, 4) is 0 Å². The van der Waals surface area contributed by atoms with Crippen LogP contribution in [0.2, 0.25) is 0 Å². The van der Waals surface area contributed by atoms with Crippen LogP contribution in [0.4, 0.5) is 5.69 Å². The van der Waals surface area contributed by atoms with Crippen molar-refractivity contribution >= 4 is 27.5 Å². The van der Waals surface area contributed by atoms with Crippen LogP contribution in [0.3, 0.4) is 0 Å². The molecule has 98 valence electrons. The Labute approximate surface area is 114 Å². The van der Waals surface area contributed by atoms with Gasteiger partial charge in [0.25, 0.3) is 11.6 Å². The Balaban J connectivity index is 3.05. The molecule has 0 atom stereocenters. The van der Waals surface area contributed by atoms with Gasteiger partial charge < -0.3 is 4.90 Å². The lowest BCUT2D eigenvalue weighted by atomic mass is 10.1. The van der Waals surface area contributed by atoms with Crippen molar-refractivity contribution < 1.29 is 9.72 Å². The highest BCUT2D eigenvalue weighted by Gasteiger charge is 2.24. The number of hydrogen-bond donors (Lipinski definition) is 0. The number of carbonyl (C=O) groups excluding carboxylic acids is 1. The van der Waals surface area contributed by atoms with Gasteiger partial charge in [-0.1, -0.05) is 28.1 Å². The Hall–Kier alpha value is -1.43. The Kier molecular flexibility index (Phi) is 5.27. The average Bonchev–Trinajstić information content (AvgIpc) is 2.34. The van der Waals surface area contributed by atoms with E-state index in [0.29, 0.717) is 12.1 Å². The molecule has 0 N–H and O–H groups in total. The second-order valence-electron chi connectivity index (χ2n) is 4.00. The summed E-state index contributed by atoms with van der Waals surface area (Å²) in [6.07, 6.45) is 0.807. The first-order valence-electron chi connectivity index (χ1n) is 5.54. The highest BCUT2D eigenvalue weighted by atomic mass is 79.9. The first-order valence-corrected chi connectivity index (χ1v) is 6.66. The molecule has 0 aliphatic heterocycles. The lowest BCUT2D eigenvalue weighted by molar-refractivity contribution is -0.385. The predicted molar refractivity (Wildman–Crippen MR) is 73.2 cm³/mol.